The average Bonchev–Trinajstić information content (AvgIpc) is 2.68. The lowest BCUT2D eigenvalue weighted by atomic mass is 10.1. The van der Waals surface area contributed by atoms with Crippen molar-refractivity contribution in [3.8, 4) is 6.07 Å². The van der Waals surface area contributed by atoms with Crippen LogP contribution in [0.15, 0.2) is 34.1 Å². The first-order valence-electron chi connectivity index (χ1n) is 8.94. The summed E-state index contributed by atoms with van der Waals surface area (Å²) < 4.78 is 28.5. The fourth-order valence-electron chi connectivity index (χ4n) is 3.02. The molecule has 0 bridgehead atoms. The molecular formula is C19H24N4O4S. The first-order chi connectivity index (χ1) is 13.2. The van der Waals surface area contributed by atoms with Crippen molar-refractivity contribution in [2.75, 3.05) is 26.7 Å². The maximum Gasteiger partial charge on any atom is 0.259 e. The van der Waals surface area contributed by atoms with Crippen LogP contribution >= 0.6 is 0 Å². The molecule has 28 heavy (non-hydrogen) atoms. The van der Waals surface area contributed by atoms with Crippen molar-refractivity contribution in [2.24, 2.45) is 7.05 Å². The summed E-state index contributed by atoms with van der Waals surface area (Å²) in [6.45, 7) is 4.32. The minimum Gasteiger partial charge on any atom is -0.350 e. The SMILES string of the molecule is CCN(CC)S(=O)(=O)c1ccc2c(c1)c(=O)c(C(=O)N(C)CCC#N)cn2C. The van der Waals surface area contributed by atoms with E-state index in [9.17, 15) is 18.0 Å². The second-order valence-corrected chi connectivity index (χ2v) is 8.32. The highest BCUT2D eigenvalue weighted by molar-refractivity contribution is 7.89. The Balaban J connectivity index is 2.65. The van der Waals surface area contributed by atoms with E-state index in [2.05, 4.69) is 0 Å². The van der Waals surface area contributed by atoms with Crippen LogP contribution in [-0.2, 0) is 17.1 Å². The van der Waals surface area contributed by atoms with E-state index in [1.165, 1.54) is 34.6 Å². The molecular weight excluding hydrogens is 380 g/mol. The molecule has 1 amide bonds. The van der Waals surface area contributed by atoms with E-state index < -0.39 is 21.4 Å². The molecule has 2 aromatic rings. The van der Waals surface area contributed by atoms with Gasteiger partial charge in [0.05, 0.1) is 22.9 Å². The number of nitriles is 1. The molecule has 0 spiro atoms. The molecule has 9 heteroatoms. The smallest absolute Gasteiger partial charge is 0.259 e. The van der Waals surface area contributed by atoms with E-state index >= 15 is 0 Å². The number of carbonyl (C=O) groups excluding carboxylic acids is 1. The summed E-state index contributed by atoms with van der Waals surface area (Å²) in [5.41, 5.74) is -0.0638. The number of hydrogen-bond acceptors (Lipinski definition) is 5. The molecule has 0 radical (unpaired) electrons. The van der Waals surface area contributed by atoms with Crippen molar-refractivity contribution in [3.05, 3.63) is 40.2 Å². The third kappa shape index (κ3) is 3.93. The van der Waals surface area contributed by atoms with Gasteiger partial charge in [-0.15, -0.1) is 0 Å². The van der Waals surface area contributed by atoms with Gasteiger partial charge in [-0.3, -0.25) is 9.59 Å². The van der Waals surface area contributed by atoms with Gasteiger partial charge in [0.2, 0.25) is 15.5 Å². The Hall–Kier alpha value is -2.70. The van der Waals surface area contributed by atoms with Gasteiger partial charge in [0, 0.05) is 45.3 Å². The summed E-state index contributed by atoms with van der Waals surface area (Å²) in [5, 5.41) is 8.85. The molecule has 0 saturated carbocycles. The average molecular weight is 404 g/mol. The fraction of sp³-hybridized carbons (Fsp3) is 0.421. The van der Waals surface area contributed by atoms with E-state index in [-0.39, 0.29) is 28.8 Å². The normalized spacial score (nSPS) is 11.6. The first kappa shape index (κ1) is 21.6. The van der Waals surface area contributed by atoms with E-state index in [1.807, 2.05) is 6.07 Å². The second-order valence-electron chi connectivity index (χ2n) is 6.39. The van der Waals surface area contributed by atoms with Crippen LogP contribution in [-0.4, -0.2) is 54.8 Å². The minimum absolute atomic E-state index is 0.0169. The fourth-order valence-corrected chi connectivity index (χ4v) is 4.51. The lowest BCUT2D eigenvalue weighted by molar-refractivity contribution is 0.0796. The molecule has 0 atom stereocenters. The zero-order valence-corrected chi connectivity index (χ0v) is 17.3. The third-order valence-corrected chi connectivity index (χ3v) is 6.69. The van der Waals surface area contributed by atoms with Gasteiger partial charge in [-0.05, 0) is 18.2 Å². The van der Waals surface area contributed by atoms with Crippen molar-refractivity contribution in [3.63, 3.8) is 0 Å². The van der Waals surface area contributed by atoms with Gasteiger partial charge in [0.1, 0.15) is 5.56 Å². The summed E-state index contributed by atoms with van der Waals surface area (Å²) in [6, 6.07) is 6.33. The van der Waals surface area contributed by atoms with Crippen molar-refractivity contribution >= 4 is 26.8 Å². The Morgan fingerprint density at radius 3 is 2.46 bits per heavy atom. The van der Waals surface area contributed by atoms with Crippen molar-refractivity contribution < 1.29 is 13.2 Å². The summed E-state index contributed by atoms with van der Waals surface area (Å²) in [5.74, 6) is -0.505. The van der Waals surface area contributed by atoms with Crippen molar-refractivity contribution in [1.29, 1.82) is 5.26 Å². The maximum atomic E-state index is 13.0. The summed E-state index contributed by atoms with van der Waals surface area (Å²) in [4.78, 5) is 26.9. The number of nitrogens with zero attached hydrogens (tertiary/aromatic N) is 4. The van der Waals surface area contributed by atoms with Gasteiger partial charge < -0.3 is 9.47 Å². The van der Waals surface area contributed by atoms with Crippen LogP contribution in [0.2, 0.25) is 0 Å². The molecule has 1 aromatic carbocycles. The second kappa shape index (κ2) is 8.54. The predicted octanol–water partition coefficient (Wildman–Crippen LogP) is 1.55. The van der Waals surface area contributed by atoms with Crippen LogP contribution in [0.5, 0.6) is 0 Å². The monoisotopic (exact) mass is 404 g/mol. The van der Waals surface area contributed by atoms with Crippen LogP contribution < -0.4 is 5.43 Å². The lowest BCUT2D eigenvalue weighted by Gasteiger charge is -2.19. The zero-order valence-electron chi connectivity index (χ0n) is 16.5. The minimum atomic E-state index is -3.73. The summed E-state index contributed by atoms with van der Waals surface area (Å²) in [6.07, 6.45) is 1.59. The largest absolute Gasteiger partial charge is 0.350 e. The Bertz CT molecular complexity index is 1100. The third-order valence-electron chi connectivity index (χ3n) is 4.64. The van der Waals surface area contributed by atoms with E-state index in [0.717, 1.165) is 0 Å². The predicted molar refractivity (Wildman–Crippen MR) is 106 cm³/mol. The topological polar surface area (TPSA) is 103 Å². The molecule has 1 aromatic heterocycles. The van der Waals surface area contributed by atoms with Crippen LogP contribution in [0.4, 0.5) is 0 Å². The number of aromatic nitrogens is 1. The lowest BCUT2D eigenvalue weighted by Crippen LogP contribution is -2.33. The number of carbonyl (C=O) groups is 1. The van der Waals surface area contributed by atoms with Crippen LogP contribution in [0.1, 0.15) is 30.6 Å². The van der Waals surface area contributed by atoms with Gasteiger partial charge in [-0.2, -0.15) is 9.57 Å². The van der Waals surface area contributed by atoms with Crippen LogP contribution in [0.25, 0.3) is 10.9 Å². The summed E-state index contributed by atoms with van der Waals surface area (Å²) in [7, 11) is -0.525. The quantitative estimate of drug-likeness (QED) is 0.696. The Morgan fingerprint density at radius 1 is 1.25 bits per heavy atom. The van der Waals surface area contributed by atoms with Crippen molar-refractivity contribution in [2.45, 2.75) is 25.2 Å². The number of pyridine rings is 1. The molecule has 2 rings (SSSR count). The summed E-state index contributed by atoms with van der Waals surface area (Å²) >= 11 is 0. The Labute approximate surface area is 164 Å². The molecule has 0 aliphatic heterocycles. The molecule has 0 N–H and O–H groups in total. The molecule has 8 nitrogen and oxygen atoms in total. The van der Waals surface area contributed by atoms with E-state index in [4.69, 9.17) is 5.26 Å². The number of amides is 1. The Morgan fingerprint density at radius 2 is 1.89 bits per heavy atom. The molecule has 0 unspecified atom stereocenters. The van der Waals surface area contributed by atoms with Gasteiger partial charge >= 0.3 is 0 Å². The van der Waals surface area contributed by atoms with Crippen LogP contribution in [0.3, 0.4) is 0 Å². The van der Waals surface area contributed by atoms with Crippen molar-refractivity contribution in [1.82, 2.24) is 13.8 Å². The molecule has 0 aliphatic carbocycles. The zero-order chi connectivity index (χ0) is 21.1. The number of hydrogen-bond donors (Lipinski definition) is 0. The number of benzene rings is 1. The number of sulfonamides is 1. The molecule has 150 valence electrons. The standard InChI is InChI=1S/C19H24N4O4S/c1-5-23(6-2)28(26,27)14-8-9-17-15(12-14)18(24)16(13-22(17)4)19(25)21(3)11-7-10-20/h8-9,12-13H,5-7,11H2,1-4H3. The molecule has 0 saturated heterocycles. The molecule has 0 aliphatic rings. The van der Waals surface area contributed by atoms with Gasteiger partial charge in [-0.25, -0.2) is 8.42 Å². The highest BCUT2D eigenvalue weighted by Gasteiger charge is 2.24. The highest BCUT2D eigenvalue weighted by atomic mass is 32.2. The first-order valence-corrected chi connectivity index (χ1v) is 10.4. The Kier molecular flexibility index (Phi) is 6.59. The highest BCUT2D eigenvalue weighted by Crippen LogP contribution is 2.20. The van der Waals surface area contributed by atoms with Crippen LogP contribution in [0, 0.1) is 11.3 Å². The number of fused-ring (bicyclic) bond motifs is 1. The number of aryl methyl sites for hydroxylation is 1. The molecule has 1 heterocycles. The van der Waals surface area contributed by atoms with Gasteiger partial charge in [0.25, 0.3) is 5.91 Å². The molecule has 0 fully saturated rings. The van der Waals surface area contributed by atoms with E-state index in [0.29, 0.717) is 18.6 Å². The van der Waals surface area contributed by atoms with Gasteiger partial charge in [0.15, 0.2) is 0 Å². The van der Waals surface area contributed by atoms with E-state index in [1.54, 1.807) is 31.5 Å². The number of rotatable bonds is 7. The van der Waals surface area contributed by atoms with Gasteiger partial charge in [-0.1, -0.05) is 13.8 Å². The maximum absolute atomic E-state index is 13.0.